The molecule has 0 spiro atoms. The maximum absolute atomic E-state index is 12.0. The molecule has 1 aromatic rings. The summed E-state index contributed by atoms with van der Waals surface area (Å²) in [5.74, 6) is 0.000337. The fourth-order valence-electron chi connectivity index (χ4n) is 3.43. The highest BCUT2D eigenvalue weighted by molar-refractivity contribution is 5.94. The van der Waals surface area contributed by atoms with Gasteiger partial charge in [-0.3, -0.25) is 4.79 Å². The van der Waals surface area contributed by atoms with Crippen LogP contribution >= 0.6 is 0 Å². The molecule has 1 aromatic carbocycles. The first kappa shape index (κ1) is 23.5. The number of hydrogen-bond acceptors (Lipinski definition) is 2. The monoisotopic (exact) mass is 374 g/mol. The SMILES string of the molecule is CCCCCCCCCCCCCCCCCNC(=O)c1ccc(N)cc1. The largest absolute Gasteiger partial charge is 0.399 e. The standard InChI is InChI=1S/C24H42N2O/c1-2-3-4-5-6-7-8-9-10-11-12-13-14-15-16-21-26-24(27)22-17-19-23(25)20-18-22/h17-20H,2-16,21,25H2,1H3,(H,26,27). The molecule has 0 aliphatic carbocycles. The van der Waals surface area contributed by atoms with Gasteiger partial charge in [0, 0.05) is 17.8 Å². The maximum atomic E-state index is 12.0. The van der Waals surface area contributed by atoms with Gasteiger partial charge in [-0.1, -0.05) is 96.8 Å². The number of hydrogen-bond donors (Lipinski definition) is 2. The predicted octanol–water partition coefficient (Wildman–Crippen LogP) is 6.87. The molecule has 1 amide bonds. The highest BCUT2D eigenvalue weighted by Crippen LogP contribution is 2.13. The number of unbranched alkanes of at least 4 members (excludes halogenated alkanes) is 14. The summed E-state index contributed by atoms with van der Waals surface area (Å²) in [4.78, 5) is 12.0. The fraction of sp³-hybridized carbons (Fsp3) is 0.708. The molecule has 0 aromatic heterocycles. The van der Waals surface area contributed by atoms with Crippen LogP contribution in [0, 0.1) is 0 Å². The number of nitrogen functional groups attached to an aromatic ring is 1. The smallest absolute Gasteiger partial charge is 0.251 e. The molecule has 3 N–H and O–H groups in total. The van der Waals surface area contributed by atoms with Gasteiger partial charge in [-0.05, 0) is 30.7 Å². The Balaban J connectivity index is 1.80. The molecule has 0 saturated heterocycles. The lowest BCUT2D eigenvalue weighted by molar-refractivity contribution is 0.0953. The summed E-state index contributed by atoms with van der Waals surface area (Å²) < 4.78 is 0. The van der Waals surface area contributed by atoms with Crippen LogP contribution in [0.5, 0.6) is 0 Å². The molecule has 0 heterocycles. The molecular formula is C24H42N2O. The van der Waals surface area contributed by atoms with Crippen LogP contribution in [0.4, 0.5) is 5.69 Å². The van der Waals surface area contributed by atoms with Crippen molar-refractivity contribution in [2.45, 2.75) is 103 Å². The van der Waals surface area contributed by atoms with E-state index in [1.807, 2.05) is 0 Å². The lowest BCUT2D eigenvalue weighted by atomic mass is 10.0. The second-order valence-corrected chi connectivity index (χ2v) is 7.83. The Bertz CT molecular complexity index is 470. The summed E-state index contributed by atoms with van der Waals surface area (Å²) in [5.41, 5.74) is 7.01. The molecule has 3 nitrogen and oxygen atoms in total. The number of anilines is 1. The van der Waals surface area contributed by atoms with Gasteiger partial charge in [-0.25, -0.2) is 0 Å². The Morgan fingerprint density at radius 1 is 0.704 bits per heavy atom. The highest BCUT2D eigenvalue weighted by Gasteiger charge is 2.03. The average Bonchev–Trinajstić information content (AvgIpc) is 2.68. The molecule has 0 fully saturated rings. The zero-order chi connectivity index (χ0) is 19.6. The molecule has 0 atom stereocenters. The summed E-state index contributed by atoms with van der Waals surface area (Å²) >= 11 is 0. The fourth-order valence-corrected chi connectivity index (χ4v) is 3.43. The van der Waals surface area contributed by atoms with Crippen molar-refractivity contribution in [2.24, 2.45) is 0 Å². The van der Waals surface area contributed by atoms with E-state index >= 15 is 0 Å². The molecule has 27 heavy (non-hydrogen) atoms. The minimum atomic E-state index is 0.000337. The quantitative estimate of drug-likeness (QED) is 0.231. The van der Waals surface area contributed by atoms with Crippen LogP contribution in [-0.2, 0) is 0 Å². The first-order valence-electron chi connectivity index (χ1n) is 11.4. The highest BCUT2D eigenvalue weighted by atomic mass is 16.1. The molecule has 0 bridgehead atoms. The minimum absolute atomic E-state index is 0.000337. The van der Waals surface area contributed by atoms with E-state index in [1.165, 1.54) is 89.9 Å². The predicted molar refractivity (Wildman–Crippen MR) is 118 cm³/mol. The number of carbonyl (C=O) groups excluding carboxylic acids is 1. The first-order chi connectivity index (χ1) is 13.2. The van der Waals surface area contributed by atoms with Gasteiger partial charge < -0.3 is 11.1 Å². The van der Waals surface area contributed by atoms with E-state index in [0.717, 1.165) is 13.0 Å². The zero-order valence-electron chi connectivity index (χ0n) is 17.6. The van der Waals surface area contributed by atoms with Crippen molar-refractivity contribution >= 4 is 11.6 Å². The van der Waals surface area contributed by atoms with E-state index in [-0.39, 0.29) is 5.91 Å². The van der Waals surface area contributed by atoms with Gasteiger partial charge in [0.1, 0.15) is 0 Å². The van der Waals surface area contributed by atoms with Crippen LogP contribution in [0.1, 0.15) is 114 Å². The van der Waals surface area contributed by atoms with Crippen molar-refractivity contribution in [3.8, 4) is 0 Å². The van der Waals surface area contributed by atoms with Crippen molar-refractivity contribution in [3.05, 3.63) is 29.8 Å². The maximum Gasteiger partial charge on any atom is 0.251 e. The van der Waals surface area contributed by atoms with Crippen LogP contribution < -0.4 is 11.1 Å². The Morgan fingerprint density at radius 2 is 1.11 bits per heavy atom. The third-order valence-electron chi connectivity index (χ3n) is 5.24. The van der Waals surface area contributed by atoms with Crippen molar-refractivity contribution in [1.82, 2.24) is 5.32 Å². The number of nitrogens with two attached hydrogens (primary N) is 1. The molecular weight excluding hydrogens is 332 g/mol. The van der Waals surface area contributed by atoms with Gasteiger partial charge in [0.15, 0.2) is 0 Å². The van der Waals surface area contributed by atoms with Gasteiger partial charge in [-0.15, -0.1) is 0 Å². The van der Waals surface area contributed by atoms with Gasteiger partial charge in [0.25, 0.3) is 5.91 Å². The van der Waals surface area contributed by atoms with Crippen LogP contribution in [0.3, 0.4) is 0 Å². The lowest BCUT2D eigenvalue weighted by Gasteiger charge is -2.06. The average molecular weight is 375 g/mol. The van der Waals surface area contributed by atoms with Crippen molar-refractivity contribution in [1.29, 1.82) is 0 Å². The third-order valence-corrected chi connectivity index (χ3v) is 5.24. The van der Waals surface area contributed by atoms with Crippen molar-refractivity contribution < 1.29 is 4.79 Å². The number of rotatable bonds is 17. The summed E-state index contributed by atoms with van der Waals surface area (Å²) in [6.07, 6.45) is 20.4. The Hall–Kier alpha value is -1.51. The van der Waals surface area contributed by atoms with E-state index in [1.54, 1.807) is 24.3 Å². The summed E-state index contributed by atoms with van der Waals surface area (Å²) in [5, 5.41) is 2.99. The van der Waals surface area contributed by atoms with Gasteiger partial charge in [0.05, 0.1) is 0 Å². The van der Waals surface area contributed by atoms with Gasteiger partial charge in [0.2, 0.25) is 0 Å². The number of benzene rings is 1. The first-order valence-corrected chi connectivity index (χ1v) is 11.4. The van der Waals surface area contributed by atoms with Crippen LogP contribution in [-0.4, -0.2) is 12.5 Å². The second-order valence-electron chi connectivity index (χ2n) is 7.83. The molecule has 0 aliphatic heterocycles. The molecule has 0 radical (unpaired) electrons. The number of amides is 1. The van der Waals surface area contributed by atoms with E-state index in [2.05, 4.69) is 12.2 Å². The molecule has 154 valence electrons. The number of nitrogens with one attached hydrogen (secondary N) is 1. The van der Waals surface area contributed by atoms with Crippen LogP contribution in [0.25, 0.3) is 0 Å². The zero-order valence-corrected chi connectivity index (χ0v) is 17.6. The van der Waals surface area contributed by atoms with Crippen molar-refractivity contribution in [2.75, 3.05) is 12.3 Å². The Labute approximate surface area is 167 Å². The Morgan fingerprint density at radius 3 is 1.56 bits per heavy atom. The molecule has 1 rings (SSSR count). The summed E-state index contributed by atoms with van der Waals surface area (Å²) in [6.45, 7) is 3.04. The van der Waals surface area contributed by atoms with E-state index in [0.29, 0.717) is 11.3 Å². The van der Waals surface area contributed by atoms with E-state index in [4.69, 9.17) is 5.73 Å². The summed E-state index contributed by atoms with van der Waals surface area (Å²) in [6, 6.07) is 7.08. The molecule has 0 aliphatic rings. The van der Waals surface area contributed by atoms with E-state index < -0.39 is 0 Å². The van der Waals surface area contributed by atoms with Crippen molar-refractivity contribution in [3.63, 3.8) is 0 Å². The van der Waals surface area contributed by atoms with Gasteiger partial charge >= 0.3 is 0 Å². The molecule has 0 unspecified atom stereocenters. The number of carbonyl (C=O) groups is 1. The summed E-state index contributed by atoms with van der Waals surface area (Å²) in [7, 11) is 0. The topological polar surface area (TPSA) is 55.1 Å². The lowest BCUT2D eigenvalue weighted by Crippen LogP contribution is -2.24. The van der Waals surface area contributed by atoms with Gasteiger partial charge in [-0.2, -0.15) is 0 Å². The van der Waals surface area contributed by atoms with Crippen LogP contribution in [0.2, 0.25) is 0 Å². The minimum Gasteiger partial charge on any atom is -0.399 e. The normalized spacial score (nSPS) is 10.9. The molecule has 3 heteroatoms. The van der Waals surface area contributed by atoms with E-state index in [9.17, 15) is 4.79 Å². The Kier molecular flexibility index (Phi) is 14.5. The van der Waals surface area contributed by atoms with Crippen LogP contribution in [0.15, 0.2) is 24.3 Å². The third kappa shape index (κ3) is 13.3. The second kappa shape index (κ2) is 16.6. The molecule has 0 saturated carbocycles.